The predicted molar refractivity (Wildman–Crippen MR) is 101 cm³/mol. The van der Waals surface area contributed by atoms with Crippen LogP contribution in [0.1, 0.15) is 42.9 Å². The summed E-state index contributed by atoms with van der Waals surface area (Å²) < 4.78 is 7.10. The van der Waals surface area contributed by atoms with Crippen LogP contribution in [-0.4, -0.2) is 36.4 Å². The van der Waals surface area contributed by atoms with E-state index in [0.717, 1.165) is 24.2 Å². The second-order valence-corrected chi connectivity index (χ2v) is 7.11. The summed E-state index contributed by atoms with van der Waals surface area (Å²) in [5.74, 6) is 0.846. The van der Waals surface area contributed by atoms with Gasteiger partial charge in [0.25, 0.3) is 0 Å². The number of nitrogens with one attached hydrogen (secondary N) is 2. The van der Waals surface area contributed by atoms with Crippen molar-refractivity contribution in [2.45, 2.75) is 37.1 Å². The van der Waals surface area contributed by atoms with Crippen molar-refractivity contribution in [3.8, 4) is 5.75 Å². The zero-order valence-corrected chi connectivity index (χ0v) is 15.8. The second-order valence-electron chi connectivity index (χ2n) is 7.11. The molecule has 0 saturated heterocycles. The van der Waals surface area contributed by atoms with E-state index in [2.05, 4.69) is 27.9 Å². The highest BCUT2D eigenvalue weighted by atomic mass is 16.5. The molecule has 140 valence electrons. The number of rotatable bonds is 7. The number of aryl methyl sites for hydroxylation is 1. The maximum Gasteiger partial charge on any atom is 0.241 e. The molecule has 0 radical (unpaired) electrons. The molecular formula is C20H28N4O2. The summed E-state index contributed by atoms with van der Waals surface area (Å²) in [5, 5.41) is 10.4. The number of aromatic nitrogens is 2. The van der Waals surface area contributed by atoms with Gasteiger partial charge in [-0.05, 0) is 37.6 Å². The molecule has 0 spiro atoms. The Balaban J connectivity index is 1.75. The summed E-state index contributed by atoms with van der Waals surface area (Å²) in [7, 11) is 5.34. The summed E-state index contributed by atoms with van der Waals surface area (Å²) in [6.45, 7) is 0.636. The third-order valence-electron chi connectivity index (χ3n) is 5.45. The average Bonchev–Trinajstić information content (AvgIpc) is 3.31. The molecule has 3 rings (SSSR count). The minimum absolute atomic E-state index is 0.0164. The highest BCUT2D eigenvalue weighted by Gasteiger charge is 2.36. The minimum Gasteiger partial charge on any atom is -0.497 e. The number of amides is 1. The van der Waals surface area contributed by atoms with Gasteiger partial charge in [-0.2, -0.15) is 5.10 Å². The lowest BCUT2D eigenvalue weighted by Gasteiger charge is -2.31. The van der Waals surface area contributed by atoms with Gasteiger partial charge in [-0.3, -0.25) is 9.48 Å². The highest BCUT2D eigenvalue weighted by molar-refractivity contribution is 5.83. The number of carbonyl (C=O) groups excluding carboxylic acids is 1. The van der Waals surface area contributed by atoms with Crippen LogP contribution in [0.4, 0.5) is 0 Å². The molecule has 1 unspecified atom stereocenters. The average molecular weight is 356 g/mol. The molecule has 1 atom stereocenters. The van der Waals surface area contributed by atoms with E-state index in [-0.39, 0.29) is 11.3 Å². The number of hydrogen-bond acceptors (Lipinski definition) is 4. The molecule has 26 heavy (non-hydrogen) atoms. The summed E-state index contributed by atoms with van der Waals surface area (Å²) in [5.41, 5.74) is 2.10. The monoisotopic (exact) mass is 356 g/mol. The quantitative estimate of drug-likeness (QED) is 0.799. The van der Waals surface area contributed by atoms with Gasteiger partial charge in [0.15, 0.2) is 0 Å². The summed E-state index contributed by atoms with van der Waals surface area (Å²) >= 11 is 0. The van der Waals surface area contributed by atoms with Gasteiger partial charge < -0.3 is 15.4 Å². The van der Waals surface area contributed by atoms with Gasteiger partial charge in [-0.15, -0.1) is 0 Å². The Hall–Kier alpha value is -2.34. The summed E-state index contributed by atoms with van der Waals surface area (Å²) in [6.07, 6.45) is 8.13. The SMILES string of the molecule is CNC(C(=O)NCC1(c2cccc(OC)c2)CCCC1)c1cnn(C)c1. The normalized spacial score (nSPS) is 17.0. The van der Waals surface area contributed by atoms with Gasteiger partial charge in [0.2, 0.25) is 5.91 Å². The van der Waals surface area contributed by atoms with Gasteiger partial charge in [0, 0.05) is 30.8 Å². The van der Waals surface area contributed by atoms with E-state index in [4.69, 9.17) is 4.74 Å². The standard InChI is InChI=1S/C20H28N4O2/c1-21-18(15-12-23-24(2)13-15)19(25)22-14-20(9-4-5-10-20)16-7-6-8-17(11-16)26-3/h6-8,11-13,18,21H,4-5,9-10,14H2,1-3H3,(H,22,25). The van der Waals surface area contributed by atoms with Crippen LogP contribution in [0.3, 0.4) is 0 Å². The Labute approximate surface area is 154 Å². The van der Waals surface area contributed by atoms with E-state index in [1.165, 1.54) is 18.4 Å². The Morgan fingerprint density at radius 2 is 2.15 bits per heavy atom. The zero-order valence-electron chi connectivity index (χ0n) is 15.8. The molecule has 2 N–H and O–H groups in total. The molecule has 6 heteroatoms. The lowest BCUT2D eigenvalue weighted by Crippen LogP contribution is -2.43. The van der Waals surface area contributed by atoms with Crippen molar-refractivity contribution in [3.05, 3.63) is 47.8 Å². The number of likely N-dealkylation sites (N-methyl/N-ethyl adjacent to an activating group) is 1. The third kappa shape index (κ3) is 3.75. The largest absolute Gasteiger partial charge is 0.497 e. The van der Waals surface area contributed by atoms with Gasteiger partial charge in [-0.25, -0.2) is 0 Å². The van der Waals surface area contributed by atoms with E-state index in [0.29, 0.717) is 6.54 Å². The van der Waals surface area contributed by atoms with Gasteiger partial charge in [0.05, 0.1) is 13.3 Å². The van der Waals surface area contributed by atoms with E-state index in [9.17, 15) is 4.79 Å². The Morgan fingerprint density at radius 3 is 2.77 bits per heavy atom. The molecule has 1 heterocycles. The molecule has 6 nitrogen and oxygen atoms in total. The maximum absolute atomic E-state index is 12.8. The first kappa shape index (κ1) is 18.5. The number of nitrogens with zero attached hydrogens (tertiary/aromatic N) is 2. The fourth-order valence-electron chi connectivity index (χ4n) is 3.97. The van der Waals surface area contributed by atoms with E-state index in [1.807, 2.05) is 25.4 Å². The van der Waals surface area contributed by atoms with Gasteiger partial charge >= 0.3 is 0 Å². The number of benzene rings is 1. The number of carbonyl (C=O) groups is 1. The molecule has 2 aromatic rings. The van der Waals surface area contributed by atoms with E-state index < -0.39 is 6.04 Å². The minimum atomic E-state index is -0.396. The first-order chi connectivity index (χ1) is 12.6. The van der Waals surface area contributed by atoms with E-state index in [1.54, 1.807) is 25.0 Å². The van der Waals surface area contributed by atoms with Crippen LogP contribution in [0, 0.1) is 0 Å². The Morgan fingerprint density at radius 1 is 1.38 bits per heavy atom. The van der Waals surface area contributed by atoms with Gasteiger partial charge in [-0.1, -0.05) is 25.0 Å². The van der Waals surface area contributed by atoms with Crippen LogP contribution in [-0.2, 0) is 17.3 Å². The van der Waals surface area contributed by atoms with Crippen LogP contribution >= 0.6 is 0 Å². The van der Waals surface area contributed by atoms with Crippen molar-refractivity contribution in [2.24, 2.45) is 7.05 Å². The van der Waals surface area contributed by atoms with Crippen LogP contribution in [0.2, 0.25) is 0 Å². The van der Waals surface area contributed by atoms with Crippen molar-refractivity contribution in [3.63, 3.8) is 0 Å². The van der Waals surface area contributed by atoms with Crippen LogP contribution < -0.4 is 15.4 Å². The van der Waals surface area contributed by atoms with Crippen LogP contribution in [0.25, 0.3) is 0 Å². The van der Waals surface area contributed by atoms with Crippen molar-refractivity contribution in [2.75, 3.05) is 20.7 Å². The molecule has 1 fully saturated rings. The lowest BCUT2D eigenvalue weighted by molar-refractivity contribution is -0.123. The molecule has 1 amide bonds. The first-order valence-corrected chi connectivity index (χ1v) is 9.16. The van der Waals surface area contributed by atoms with Crippen LogP contribution in [0.5, 0.6) is 5.75 Å². The molecule has 0 aliphatic heterocycles. The molecule has 1 aliphatic rings. The van der Waals surface area contributed by atoms with Crippen molar-refractivity contribution < 1.29 is 9.53 Å². The topological polar surface area (TPSA) is 68.2 Å². The predicted octanol–water partition coefficient (Wildman–Crippen LogP) is 2.32. The van der Waals surface area contributed by atoms with E-state index >= 15 is 0 Å². The van der Waals surface area contributed by atoms with Crippen molar-refractivity contribution in [1.82, 2.24) is 20.4 Å². The van der Waals surface area contributed by atoms with Crippen LogP contribution in [0.15, 0.2) is 36.7 Å². The number of hydrogen-bond donors (Lipinski definition) is 2. The fraction of sp³-hybridized carbons (Fsp3) is 0.500. The Kier molecular flexibility index (Phi) is 5.61. The molecular weight excluding hydrogens is 328 g/mol. The molecule has 1 saturated carbocycles. The molecule has 1 aliphatic carbocycles. The fourth-order valence-corrected chi connectivity index (χ4v) is 3.97. The lowest BCUT2D eigenvalue weighted by atomic mass is 9.78. The highest BCUT2D eigenvalue weighted by Crippen LogP contribution is 2.41. The van der Waals surface area contributed by atoms with Gasteiger partial charge in [0.1, 0.15) is 11.8 Å². The van der Waals surface area contributed by atoms with Crippen molar-refractivity contribution >= 4 is 5.91 Å². The maximum atomic E-state index is 12.8. The summed E-state index contributed by atoms with van der Waals surface area (Å²) in [4.78, 5) is 12.8. The second kappa shape index (κ2) is 7.91. The third-order valence-corrected chi connectivity index (χ3v) is 5.45. The number of methoxy groups -OCH3 is 1. The van der Waals surface area contributed by atoms with Crippen molar-refractivity contribution in [1.29, 1.82) is 0 Å². The summed E-state index contributed by atoms with van der Waals surface area (Å²) in [6, 6.07) is 7.85. The zero-order chi connectivity index (χ0) is 18.6. The smallest absolute Gasteiger partial charge is 0.241 e. The number of ether oxygens (including phenoxy) is 1. The Bertz CT molecular complexity index is 750. The first-order valence-electron chi connectivity index (χ1n) is 9.16. The molecule has 1 aromatic carbocycles. The molecule has 0 bridgehead atoms. The molecule has 1 aromatic heterocycles.